The van der Waals surface area contributed by atoms with E-state index in [9.17, 15) is 9.90 Å². The highest BCUT2D eigenvalue weighted by Crippen LogP contribution is 2.36. The van der Waals surface area contributed by atoms with Crippen molar-refractivity contribution >= 4 is 11.9 Å². The van der Waals surface area contributed by atoms with Crippen LogP contribution in [0.3, 0.4) is 0 Å². The number of aromatic nitrogens is 3. The van der Waals surface area contributed by atoms with Crippen LogP contribution in [0.25, 0.3) is 0 Å². The van der Waals surface area contributed by atoms with Crippen molar-refractivity contribution < 1.29 is 9.90 Å². The number of hydrogen-bond acceptors (Lipinski definition) is 5. The van der Waals surface area contributed by atoms with Gasteiger partial charge in [-0.05, 0) is 64.2 Å². The highest BCUT2D eigenvalue weighted by atomic mass is 16.3. The smallest absolute Gasteiger partial charge is 0.258 e. The average Bonchev–Trinajstić information content (AvgIpc) is 3.12. The van der Waals surface area contributed by atoms with Gasteiger partial charge in [-0.1, -0.05) is 12.1 Å². The maximum Gasteiger partial charge on any atom is 0.258 e. The Balaban J connectivity index is 1.45. The number of nitrogens with zero attached hydrogens (tertiary/aromatic N) is 4. The second kappa shape index (κ2) is 7.64. The Morgan fingerprint density at radius 3 is 2.64 bits per heavy atom. The lowest BCUT2D eigenvalue weighted by Gasteiger charge is -2.37. The van der Waals surface area contributed by atoms with Crippen molar-refractivity contribution in [2.45, 2.75) is 77.2 Å². The minimum absolute atomic E-state index is 0.160. The fourth-order valence-electron chi connectivity index (χ4n) is 4.64. The van der Waals surface area contributed by atoms with Crippen molar-refractivity contribution in [2.75, 3.05) is 5.32 Å². The number of aliphatic hydroxyl groups excluding tert-OH is 1. The van der Waals surface area contributed by atoms with E-state index < -0.39 is 0 Å². The summed E-state index contributed by atoms with van der Waals surface area (Å²) in [5.41, 5.74) is 1.73. The second-order valence-corrected chi connectivity index (χ2v) is 8.36. The molecule has 0 spiro atoms. The van der Waals surface area contributed by atoms with Crippen molar-refractivity contribution in [2.24, 2.45) is 0 Å². The van der Waals surface area contributed by atoms with Gasteiger partial charge in [0.15, 0.2) is 0 Å². The highest BCUT2D eigenvalue weighted by Gasteiger charge is 2.39. The molecule has 1 unspecified atom stereocenters. The summed E-state index contributed by atoms with van der Waals surface area (Å²) in [6.45, 7) is 6.77. The molecule has 1 amide bonds. The van der Waals surface area contributed by atoms with E-state index in [1.54, 1.807) is 4.68 Å². The molecule has 3 atom stereocenters. The first-order valence-electron chi connectivity index (χ1n) is 10.2. The molecule has 2 bridgehead atoms. The number of aryl methyl sites for hydroxylation is 1. The number of piperidine rings is 1. The van der Waals surface area contributed by atoms with Crippen molar-refractivity contribution in [1.29, 1.82) is 0 Å². The normalized spacial score (nSPS) is 24.7. The third kappa shape index (κ3) is 3.82. The van der Waals surface area contributed by atoms with Crippen LogP contribution in [0, 0.1) is 6.92 Å². The molecular formula is C21H29N5O2. The molecule has 0 saturated carbocycles. The van der Waals surface area contributed by atoms with Crippen molar-refractivity contribution in [3.63, 3.8) is 0 Å². The van der Waals surface area contributed by atoms with Gasteiger partial charge in [0, 0.05) is 30.2 Å². The number of nitrogens with one attached hydrogen (secondary N) is 1. The fourth-order valence-corrected chi connectivity index (χ4v) is 4.64. The fraction of sp³-hybridized carbons (Fsp3) is 0.571. The number of carbonyl (C=O) groups is 1. The van der Waals surface area contributed by atoms with Crippen molar-refractivity contribution in [1.82, 2.24) is 19.7 Å². The number of carbonyl (C=O) groups excluding carboxylic acids is 1. The lowest BCUT2D eigenvalue weighted by atomic mass is 9.98. The zero-order valence-electron chi connectivity index (χ0n) is 16.8. The maximum absolute atomic E-state index is 12.7. The van der Waals surface area contributed by atoms with Gasteiger partial charge in [-0.25, -0.2) is 4.68 Å². The molecule has 2 aromatic rings. The molecule has 0 radical (unpaired) electrons. The molecule has 2 fully saturated rings. The Kier molecular flexibility index (Phi) is 5.21. The molecule has 2 aliphatic rings. The van der Waals surface area contributed by atoms with Gasteiger partial charge in [0.05, 0.1) is 6.10 Å². The van der Waals surface area contributed by atoms with Gasteiger partial charge in [0.1, 0.15) is 5.82 Å². The molecule has 28 heavy (non-hydrogen) atoms. The van der Waals surface area contributed by atoms with Gasteiger partial charge in [-0.2, -0.15) is 4.98 Å². The first-order valence-corrected chi connectivity index (χ1v) is 10.2. The molecular weight excluding hydrogens is 354 g/mol. The molecule has 2 aliphatic heterocycles. The molecule has 4 rings (SSSR count). The first-order chi connectivity index (χ1) is 13.4. The monoisotopic (exact) mass is 383 g/mol. The van der Waals surface area contributed by atoms with E-state index >= 15 is 0 Å². The molecule has 1 aromatic carbocycles. The summed E-state index contributed by atoms with van der Waals surface area (Å²) in [5.74, 6) is 0.922. The van der Waals surface area contributed by atoms with Gasteiger partial charge >= 0.3 is 0 Å². The van der Waals surface area contributed by atoms with Crippen LogP contribution in [0.2, 0.25) is 0 Å². The largest absolute Gasteiger partial charge is 0.393 e. The Hall–Kier alpha value is -2.25. The predicted molar refractivity (Wildman–Crippen MR) is 107 cm³/mol. The summed E-state index contributed by atoms with van der Waals surface area (Å²) in [6, 6.07) is 8.87. The van der Waals surface area contributed by atoms with Gasteiger partial charge in [-0.15, -0.1) is 5.10 Å². The Morgan fingerprint density at radius 2 is 2.00 bits per heavy atom. The number of hydrogen-bond donors (Lipinski definition) is 2. The highest BCUT2D eigenvalue weighted by molar-refractivity contribution is 6.03. The first kappa shape index (κ1) is 19.1. The second-order valence-electron chi connectivity index (χ2n) is 8.36. The van der Waals surface area contributed by atoms with E-state index in [1.807, 2.05) is 39.0 Å². The van der Waals surface area contributed by atoms with Crippen LogP contribution in [-0.4, -0.2) is 48.9 Å². The number of aliphatic hydroxyl groups is 1. The number of amides is 1. The molecule has 0 aliphatic carbocycles. The molecule has 1 aromatic heterocycles. The minimum atomic E-state index is -0.195. The zero-order chi connectivity index (χ0) is 19.8. The standard InChI is InChI=1S/C21H29N5O2/c1-13(2)26-14(3)22-21(24-26)23-20(28)16-6-4-5-15(9-16)12-25-17-7-8-18(25)11-19(27)10-17/h4-6,9,13,17-19,27H,7-8,10-12H2,1-3H3,(H,23,24,28)/t17-,18+,19?. The van der Waals surface area contributed by atoms with E-state index in [0.717, 1.165) is 43.6 Å². The lowest BCUT2D eigenvalue weighted by molar-refractivity contribution is 0.0310. The molecule has 2 N–H and O–H groups in total. The van der Waals surface area contributed by atoms with E-state index in [-0.39, 0.29) is 18.1 Å². The number of benzene rings is 1. The Labute approximate surface area is 165 Å². The Morgan fingerprint density at radius 1 is 1.29 bits per heavy atom. The topological polar surface area (TPSA) is 83.3 Å². The van der Waals surface area contributed by atoms with Crippen molar-refractivity contribution in [3.8, 4) is 0 Å². The summed E-state index contributed by atoms with van der Waals surface area (Å²) < 4.78 is 1.80. The number of rotatable bonds is 5. The van der Waals surface area contributed by atoms with E-state index in [0.29, 0.717) is 23.6 Å². The molecule has 2 saturated heterocycles. The maximum atomic E-state index is 12.7. The minimum Gasteiger partial charge on any atom is -0.393 e. The SMILES string of the molecule is Cc1nc(NC(=O)c2cccc(CN3[C@@H]4CC[C@H]3CC(O)C4)c2)nn1C(C)C. The molecule has 7 nitrogen and oxygen atoms in total. The predicted octanol–water partition coefficient (Wildman–Crippen LogP) is 2.91. The Bertz CT molecular complexity index is 848. The van der Waals surface area contributed by atoms with Gasteiger partial charge in [-0.3, -0.25) is 15.0 Å². The summed E-state index contributed by atoms with van der Waals surface area (Å²) in [4.78, 5) is 19.5. The van der Waals surface area contributed by atoms with Crippen LogP contribution in [-0.2, 0) is 6.54 Å². The van der Waals surface area contributed by atoms with Crippen LogP contribution < -0.4 is 5.32 Å². The van der Waals surface area contributed by atoms with E-state index in [2.05, 4.69) is 26.4 Å². The van der Waals surface area contributed by atoms with Crippen molar-refractivity contribution in [3.05, 3.63) is 41.2 Å². The summed E-state index contributed by atoms with van der Waals surface area (Å²) >= 11 is 0. The van der Waals surface area contributed by atoms with Gasteiger partial charge in [0.25, 0.3) is 5.91 Å². The molecule has 7 heteroatoms. The average molecular weight is 383 g/mol. The number of fused-ring (bicyclic) bond motifs is 2. The van der Waals surface area contributed by atoms with E-state index in [1.165, 1.54) is 0 Å². The van der Waals surface area contributed by atoms with Crippen LogP contribution in [0.5, 0.6) is 0 Å². The summed E-state index contributed by atoms with van der Waals surface area (Å²) in [5, 5.41) is 17.2. The summed E-state index contributed by atoms with van der Waals surface area (Å²) in [6.07, 6.45) is 3.88. The van der Waals surface area contributed by atoms with Crippen LogP contribution in [0.1, 0.15) is 67.3 Å². The third-order valence-electron chi connectivity index (χ3n) is 5.93. The zero-order valence-corrected chi connectivity index (χ0v) is 16.8. The number of anilines is 1. The van der Waals surface area contributed by atoms with Crippen LogP contribution >= 0.6 is 0 Å². The van der Waals surface area contributed by atoms with Gasteiger partial charge in [0.2, 0.25) is 5.95 Å². The quantitative estimate of drug-likeness (QED) is 0.829. The molecule has 3 heterocycles. The summed E-state index contributed by atoms with van der Waals surface area (Å²) in [7, 11) is 0. The third-order valence-corrected chi connectivity index (χ3v) is 5.93. The van der Waals surface area contributed by atoms with E-state index in [4.69, 9.17) is 0 Å². The van der Waals surface area contributed by atoms with Crippen LogP contribution in [0.4, 0.5) is 5.95 Å². The molecule has 150 valence electrons. The van der Waals surface area contributed by atoms with Gasteiger partial charge < -0.3 is 5.11 Å². The lowest BCUT2D eigenvalue weighted by Crippen LogP contribution is -2.44. The van der Waals surface area contributed by atoms with Crippen LogP contribution in [0.15, 0.2) is 24.3 Å².